The van der Waals surface area contributed by atoms with E-state index >= 15 is 0 Å². The molecule has 0 spiro atoms. The van der Waals surface area contributed by atoms with Gasteiger partial charge in [0, 0.05) is 18.7 Å². The van der Waals surface area contributed by atoms with E-state index in [1.807, 2.05) is 41.3 Å². The van der Waals surface area contributed by atoms with E-state index in [0.29, 0.717) is 23.0 Å². The van der Waals surface area contributed by atoms with Gasteiger partial charge in [-0.05, 0) is 43.7 Å². The number of nitrogens with zero attached hydrogens (tertiary/aromatic N) is 5. The van der Waals surface area contributed by atoms with E-state index in [0.717, 1.165) is 37.9 Å². The average molecular weight is 442 g/mol. The summed E-state index contributed by atoms with van der Waals surface area (Å²) in [5.74, 6) is 1.09. The van der Waals surface area contributed by atoms with Gasteiger partial charge in [0.25, 0.3) is 5.56 Å². The summed E-state index contributed by atoms with van der Waals surface area (Å²) in [5, 5.41) is 8.91. The normalized spacial score (nSPS) is 14.6. The smallest absolute Gasteiger partial charge is 0.293 e. The van der Waals surface area contributed by atoms with Crippen molar-refractivity contribution in [1.82, 2.24) is 24.3 Å². The topological polar surface area (TPSA) is 72.5 Å². The molecular weight excluding hydrogens is 414 g/mol. The van der Waals surface area contributed by atoms with Crippen molar-refractivity contribution >= 4 is 11.4 Å². The lowest BCUT2D eigenvalue weighted by Crippen LogP contribution is -2.42. The Labute approximate surface area is 192 Å². The van der Waals surface area contributed by atoms with Crippen molar-refractivity contribution in [2.24, 2.45) is 5.92 Å². The van der Waals surface area contributed by atoms with Crippen LogP contribution in [0.4, 0.5) is 0 Å². The summed E-state index contributed by atoms with van der Waals surface area (Å²) >= 11 is 0. The van der Waals surface area contributed by atoms with Crippen LogP contribution in [0.25, 0.3) is 16.8 Å². The van der Waals surface area contributed by atoms with E-state index in [2.05, 4.69) is 34.5 Å². The predicted octanol–water partition coefficient (Wildman–Crippen LogP) is 3.35. The van der Waals surface area contributed by atoms with Crippen molar-refractivity contribution in [2.45, 2.75) is 32.7 Å². The van der Waals surface area contributed by atoms with E-state index in [4.69, 9.17) is 0 Å². The van der Waals surface area contributed by atoms with E-state index in [1.165, 1.54) is 10.2 Å². The number of hydrogen-bond acceptors (Lipinski definition) is 4. The number of hydrogen-bond donors (Lipinski definition) is 0. The number of likely N-dealkylation sites (tertiary alicyclic amines) is 1. The van der Waals surface area contributed by atoms with Crippen LogP contribution in [0.15, 0.2) is 71.5 Å². The molecule has 3 heterocycles. The minimum Gasteiger partial charge on any atom is -0.341 e. The molecule has 4 aromatic rings. The third-order valence-electron chi connectivity index (χ3n) is 6.42. The number of benzene rings is 2. The molecule has 0 N–H and O–H groups in total. The quantitative estimate of drug-likeness (QED) is 0.476. The SMILES string of the molecule is Cc1nn(CC(=O)N2CCC(Cc3ccccc3)CC2)c(=O)c2cc(-c3ccccc3)nn12. The number of amides is 1. The maximum absolute atomic E-state index is 13.1. The highest BCUT2D eigenvalue weighted by atomic mass is 16.2. The minimum atomic E-state index is -0.303. The van der Waals surface area contributed by atoms with Gasteiger partial charge >= 0.3 is 0 Å². The van der Waals surface area contributed by atoms with Gasteiger partial charge in [-0.15, -0.1) is 0 Å². The second-order valence-electron chi connectivity index (χ2n) is 8.72. The number of rotatable bonds is 5. The Morgan fingerprint density at radius 2 is 1.64 bits per heavy atom. The molecule has 0 saturated carbocycles. The number of carbonyl (C=O) groups excluding carboxylic acids is 1. The van der Waals surface area contributed by atoms with Crippen LogP contribution in [-0.2, 0) is 17.8 Å². The highest BCUT2D eigenvalue weighted by molar-refractivity contribution is 5.76. The molecule has 2 aromatic carbocycles. The Bertz CT molecular complexity index is 1320. The summed E-state index contributed by atoms with van der Waals surface area (Å²) < 4.78 is 2.83. The number of fused-ring (bicyclic) bond motifs is 1. The molecule has 1 saturated heterocycles. The molecule has 5 rings (SSSR count). The number of carbonyl (C=O) groups is 1. The lowest BCUT2D eigenvalue weighted by molar-refractivity contribution is -0.133. The lowest BCUT2D eigenvalue weighted by Gasteiger charge is -2.32. The molecule has 2 aromatic heterocycles. The first-order chi connectivity index (χ1) is 16.1. The molecule has 0 bridgehead atoms. The van der Waals surface area contributed by atoms with Crippen molar-refractivity contribution in [3.05, 3.63) is 88.5 Å². The van der Waals surface area contributed by atoms with Crippen LogP contribution in [-0.4, -0.2) is 43.3 Å². The lowest BCUT2D eigenvalue weighted by atomic mass is 9.90. The van der Waals surface area contributed by atoms with Crippen molar-refractivity contribution in [1.29, 1.82) is 0 Å². The van der Waals surface area contributed by atoms with Crippen LogP contribution in [0, 0.1) is 12.8 Å². The Morgan fingerprint density at radius 3 is 2.33 bits per heavy atom. The molecule has 7 heteroatoms. The summed E-state index contributed by atoms with van der Waals surface area (Å²) in [6.45, 7) is 3.18. The van der Waals surface area contributed by atoms with Crippen LogP contribution < -0.4 is 5.56 Å². The summed E-state index contributed by atoms with van der Waals surface area (Å²) in [5.41, 5.74) is 3.11. The van der Waals surface area contributed by atoms with Gasteiger partial charge in [0.1, 0.15) is 17.9 Å². The highest BCUT2D eigenvalue weighted by Crippen LogP contribution is 2.22. The van der Waals surface area contributed by atoms with Gasteiger partial charge < -0.3 is 4.90 Å². The number of aryl methyl sites for hydroxylation is 1. The first kappa shape index (κ1) is 21.1. The van der Waals surface area contributed by atoms with E-state index in [-0.39, 0.29) is 18.0 Å². The predicted molar refractivity (Wildman–Crippen MR) is 127 cm³/mol. The molecule has 1 aliphatic rings. The van der Waals surface area contributed by atoms with Crippen LogP contribution in [0.3, 0.4) is 0 Å². The Hall–Kier alpha value is -3.74. The van der Waals surface area contributed by atoms with Crippen molar-refractivity contribution in [3.8, 4) is 11.3 Å². The van der Waals surface area contributed by atoms with Crippen LogP contribution in [0.5, 0.6) is 0 Å². The van der Waals surface area contributed by atoms with Crippen molar-refractivity contribution in [3.63, 3.8) is 0 Å². The van der Waals surface area contributed by atoms with Gasteiger partial charge in [0.2, 0.25) is 5.91 Å². The fourth-order valence-electron chi connectivity index (χ4n) is 4.59. The third-order valence-corrected chi connectivity index (χ3v) is 6.42. The fourth-order valence-corrected chi connectivity index (χ4v) is 4.59. The van der Waals surface area contributed by atoms with Crippen LogP contribution in [0.2, 0.25) is 0 Å². The minimum absolute atomic E-state index is 0.0502. The highest BCUT2D eigenvalue weighted by Gasteiger charge is 2.24. The summed E-state index contributed by atoms with van der Waals surface area (Å²) in [7, 11) is 0. The molecule has 0 radical (unpaired) electrons. The standard InChI is InChI=1S/C26H27N5O2/c1-19-27-30(26(33)24-17-23(28-31(19)24)22-10-6-3-7-11-22)18-25(32)29-14-12-21(13-15-29)16-20-8-4-2-5-9-20/h2-11,17,21H,12-16,18H2,1H3. The second-order valence-corrected chi connectivity index (χ2v) is 8.72. The van der Waals surface area contributed by atoms with Gasteiger partial charge in [-0.1, -0.05) is 60.7 Å². The summed E-state index contributed by atoms with van der Waals surface area (Å²) in [4.78, 5) is 27.9. The van der Waals surface area contributed by atoms with E-state index in [1.54, 1.807) is 17.5 Å². The molecule has 0 aliphatic carbocycles. The maximum Gasteiger partial charge on any atom is 0.293 e. The molecule has 7 nitrogen and oxygen atoms in total. The largest absolute Gasteiger partial charge is 0.341 e. The molecule has 0 atom stereocenters. The van der Waals surface area contributed by atoms with Gasteiger partial charge in [-0.2, -0.15) is 10.2 Å². The average Bonchev–Trinajstić information content (AvgIpc) is 3.31. The third kappa shape index (κ3) is 4.44. The molecule has 33 heavy (non-hydrogen) atoms. The zero-order valence-corrected chi connectivity index (χ0v) is 18.7. The zero-order valence-electron chi connectivity index (χ0n) is 18.7. The summed E-state index contributed by atoms with van der Waals surface area (Å²) in [6.07, 6.45) is 3.00. The van der Waals surface area contributed by atoms with E-state index in [9.17, 15) is 9.59 Å². The molecule has 168 valence electrons. The van der Waals surface area contributed by atoms with E-state index < -0.39 is 0 Å². The molecule has 0 unspecified atom stereocenters. The number of aromatic nitrogens is 4. The molecule has 1 amide bonds. The van der Waals surface area contributed by atoms with Crippen molar-refractivity contribution in [2.75, 3.05) is 13.1 Å². The van der Waals surface area contributed by atoms with Gasteiger partial charge in [0.15, 0.2) is 0 Å². The first-order valence-corrected chi connectivity index (χ1v) is 11.4. The monoisotopic (exact) mass is 441 g/mol. The maximum atomic E-state index is 13.1. The molecular formula is C26H27N5O2. The fraction of sp³-hybridized carbons (Fsp3) is 0.308. The Balaban J connectivity index is 1.28. The van der Waals surface area contributed by atoms with Crippen molar-refractivity contribution < 1.29 is 4.79 Å². The molecule has 1 aliphatic heterocycles. The van der Waals surface area contributed by atoms with Crippen LogP contribution in [0.1, 0.15) is 24.2 Å². The summed E-state index contributed by atoms with van der Waals surface area (Å²) in [6, 6.07) is 22.0. The first-order valence-electron chi connectivity index (χ1n) is 11.4. The van der Waals surface area contributed by atoms with Gasteiger partial charge in [0.05, 0.1) is 5.69 Å². The van der Waals surface area contributed by atoms with Gasteiger partial charge in [-0.3, -0.25) is 9.59 Å². The van der Waals surface area contributed by atoms with Crippen LogP contribution >= 0.6 is 0 Å². The molecule has 1 fully saturated rings. The number of piperidine rings is 1. The Morgan fingerprint density at radius 1 is 0.970 bits per heavy atom. The second kappa shape index (κ2) is 9.02. The Kier molecular flexibility index (Phi) is 5.77. The van der Waals surface area contributed by atoms with Gasteiger partial charge in [-0.25, -0.2) is 9.20 Å². The zero-order chi connectivity index (χ0) is 22.8.